The van der Waals surface area contributed by atoms with Crippen LogP contribution in [0.5, 0.6) is 11.5 Å². The van der Waals surface area contributed by atoms with Crippen LogP contribution in [0.4, 0.5) is 5.69 Å². The van der Waals surface area contributed by atoms with E-state index in [1.54, 1.807) is 54.7 Å². The van der Waals surface area contributed by atoms with Crippen molar-refractivity contribution in [3.63, 3.8) is 0 Å². The van der Waals surface area contributed by atoms with E-state index in [9.17, 15) is 9.59 Å². The summed E-state index contributed by atoms with van der Waals surface area (Å²) >= 11 is 9.31. The van der Waals surface area contributed by atoms with Crippen molar-refractivity contribution in [3.05, 3.63) is 91.9 Å². The van der Waals surface area contributed by atoms with E-state index in [2.05, 4.69) is 26.3 Å². The Bertz CT molecular complexity index is 1590. The van der Waals surface area contributed by atoms with Gasteiger partial charge < -0.3 is 14.8 Å². The van der Waals surface area contributed by atoms with Crippen molar-refractivity contribution in [1.29, 1.82) is 0 Å². The van der Waals surface area contributed by atoms with Crippen molar-refractivity contribution in [2.24, 2.45) is 5.10 Å². The first-order valence-corrected chi connectivity index (χ1v) is 13.4. The van der Waals surface area contributed by atoms with E-state index in [0.29, 0.717) is 51.1 Å². The van der Waals surface area contributed by atoms with Gasteiger partial charge in [-0.05, 0) is 73.2 Å². The van der Waals surface area contributed by atoms with Gasteiger partial charge in [0.05, 0.1) is 23.7 Å². The molecule has 0 fully saturated rings. The molecule has 10 heteroatoms. The number of hydrogen-bond donors (Lipinski definition) is 1. The van der Waals surface area contributed by atoms with Gasteiger partial charge in [0.15, 0.2) is 18.1 Å². The molecule has 0 atom stereocenters. The molecule has 1 heterocycles. The second kappa shape index (κ2) is 12.0. The summed E-state index contributed by atoms with van der Waals surface area (Å²) in [6.07, 6.45) is 1.57. The molecular weight excluding hydrogens is 584 g/mol. The fraction of sp³-hybridized carbons (Fsp3) is 0.241. The molecule has 4 aromatic rings. The third kappa shape index (κ3) is 7.04. The minimum absolute atomic E-state index is 0.210. The van der Waals surface area contributed by atoms with E-state index in [-0.39, 0.29) is 18.1 Å². The summed E-state index contributed by atoms with van der Waals surface area (Å²) in [5.74, 6) is 1.07. The van der Waals surface area contributed by atoms with Gasteiger partial charge in [-0.2, -0.15) is 9.78 Å². The first-order chi connectivity index (χ1) is 18.5. The summed E-state index contributed by atoms with van der Waals surface area (Å²) in [6.45, 7) is 7.98. The third-order valence-corrected chi connectivity index (χ3v) is 6.30. The Morgan fingerprint density at radius 1 is 1.08 bits per heavy atom. The fourth-order valence-electron chi connectivity index (χ4n) is 3.73. The maximum Gasteiger partial charge on any atom is 0.282 e. The van der Waals surface area contributed by atoms with Crippen molar-refractivity contribution < 1.29 is 14.3 Å². The second-order valence-electron chi connectivity index (χ2n) is 9.69. The largest absolute Gasteiger partial charge is 0.490 e. The zero-order chi connectivity index (χ0) is 28.2. The van der Waals surface area contributed by atoms with E-state index in [0.717, 1.165) is 4.47 Å². The van der Waals surface area contributed by atoms with Crippen LogP contribution < -0.4 is 20.3 Å². The van der Waals surface area contributed by atoms with Crippen molar-refractivity contribution >= 4 is 56.2 Å². The highest BCUT2D eigenvalue weighted by atomic mass is 79.9. The third-order valence-electron chi connectivity index (χ3n) is 5.56. The lowest BCUT2D eigenvalue weighted by atomic mass is 9.95. The van der Waals surface area contributed by atoms with E-state index < -0.39 is 5.41 Å². The Labute approximate surface area is 239 Å². The highest BCUT2D eigenvalue weighted by Gasteiger charge is 2.23. The van der Waals surface area contributed by atoms with Crippen LogP contribution in [-0.4, -0.2) is 35.0 Å². The first-order valence-electron chi connectivity index (χ1n) is 12.3. The number of hydrogen-bond acceptors (Lipinski definition) is 6. The first kappa shape index (κ1) is 28.3. The maximum atomic E-state index is 13.4. The van der Waals surface area contributed by atoms with Crippen LogP contribution in [0, 0.1) is 0 Å². The normalized spacial score (nSPS) is 11.6. The minimum atomic E-state index is -0.432. The molecule has 1 N–H and O–H groups in total. The van der Waals surface area contributed by atoms with Gasteiger partial charge in [0.2, 0.25) is 0 Å². The van der Waals surface area contributed by atoms with Gasteiger partial charge in [-0.3, -0.25) is 9.59 Å². The lowest BCUT2D eigenvalue weighted by Crippen LogP contribution is -2.29. The summed E-state index contributed by atoms with van der Waals surface area (Å²) < 4.78 is 13.6. The predicted octanol–water partition coefficient (Wildman–Crippen LogP) is 6.41. The standard InChI is InChI=1S/C29H28BrClN4O4/c1-5-38-25-14-18(6-13-24(25)39-17-26(36)33-21-10-8-20(31)9-11-21)16-32-35-27(37)22-15-19(30)7-12-23(22)34-28(35)29(2,3)4/h6-16H,5,17H2,1-4H3,(H,33,36). The summed E-state index contributed by atoms with van der Waals surface area (Å²) in [7, 11) is 0. The number of carbonyl (C=O) groups is 1. The molecule has 1 aromatic heterocycles. The zero-order valence-corrected chi connectivity index (χ0v) is 24.3. The van der Waals surface area contributed by atoms with Crippen LogP contribution in [0.3, 0.4) is 0 Å². The number of halogens is 2. The molecule has 0 saturated heterocycles. The number of ether oxygens (including phenoxy) is 2. The molecule has 1 amide bonds. The van der Waals surface area contributed by atoms with Crippen molar-refractivity contribution in [2.75, 3.05) is 18.5 Å². The average Bonchev–Trinajstić information content (AvgIpc) is 2.89. The van der Waals surface area contributed by atoms with Crippen LogP contribution in [0.15, 0.2) is 75.0 Å². The lowest BCUT2D eigenvalue weighted by Gasteiger charge is -2.21. The molecule has 0 unspecified atom stereocenters. The smallest absolute Gasteiger partial charge is 0.282 e. The molecule has 0 aliphatic carbocycles. The van der Waals surface area contributed by atoms with Crippen molar-refractivity contribution in [1.82, 2.24) is 9.66 Å². The molecular formula is C29H28BrClN4O4. The molecule has 0 aliphatic rings. The highest BCUT2D eigenvalue weighted by Crippen LogP contribution is 2.28. The van der Waals surface area contributed by atoms with Gasteiger partial charge in [-0.25, -0.2) is 4.98 Å². The zero-order valence-electron chi connectivity index (χ0n) is 22.0. The van der Waals surface area contributed by atoms with Crippen LogP contribution in [0.1, 0.15) is 39.1 Å². The average molecular weight is 612 g/mol. The number of fused-ring (bicyclic) bond motifs is 1. The molecule has 0 saturated carbocycles. The summed E-state index contributed by atoms with van der Waals surface area (Å²) in [5.41, 5.74) is 1.21. The Hall–Kier alpha value is -3.69. The number of anilines is 1. The van der Waals surface area contributed by atoms with E-state index >= 15 is 0 Å². The van der Waals surface area contributed by atoms with Crippen molar-refractivity contribution in [2.45, 2.75) is 33.1 Å². The number of carbonyl (C=O) groups excluding carboxylic acids is 1. The van der Waals surface area contributed by atoms with Gasteiger partial charge in [0.25, 0.3) is 11.5 Å². The summed E-state index contributed by atoms with van der Waals surface area (Å²) in [4.78, 5) is 30.5. The Morgan fingerprint density at radius 3 is 2.51 bits per heavy atom. The molecule has 3 aromatic carbocycles. The molecule has 202 valence electrons. The molecule has 0 radical (unpaired) electrons. The topological polar surface area (TPSA) is 94.8 Å². The molecule has 8 nitrogen and oxygen atoms in total. The number of aromatic nitrogens is 2. The number of amides is 1. The molecule has 39 heavy (non-hydrogen) atoms. The summed E-state index contributed by atoms with van der Waals surface area (Å²) in [6, 6.07) is 17.4. The Balaban J connectivity index is 1.58. The molecule has 0 bridgehead atoms. The van der Waals surface area contributed by atoms with Gasteiger partial charge in [-0.15, -0.1) is 0 Å². The van der Waals surface area contributed by atoms with Gasteiger partial charge in [0, 0.05) is 20.6 Å². The minimum Gasteiger partial charge on any atom is -0.490 e. The number of nitrogens with one attached hydrogen (secondary N) is 1. The van der Waals surface area contributed by atoms with Crippen LogP contribution in [-0.2, 0) is 10.2 Å². The summed E-state index contributed by atoms with van der Waals surface area (Å²) in [5, 5.41) is 8.31. The van der Waals surface area contributed by atoms with Crippen molar-refractivity contribution in [3.8, 4) is 11.5 Å². The van der Waals surface area contributed by atoms with E-state index in [4.69, 9.17) is 26.1 Å². The Kier molecular flexibility index (Phi) is 8.72. The second-order valence-corrected chi connectivity index (χ2v) is 11.0. The number of nitrogens with zero attached hydrogens (tertiary/aromatic N) is 3. The molecule has 4 rings (SSSR count). The fourth-order valence-corrected chi connectivity index (χ4v) is 4.22. The number of benzene rings is 3. The van der Waals surface area contributed by atoms with E-state index in [1.807, 2.05) is 39.8 Å². The SMILES string of the molecule is CCOc1cc(C=Nn2c(C(C)(C)C)nc3ccc(Br)cc3c2=O)ccc1OCC(=O)Nc1ccc(Cl)cc1. The van der Waals surface area contributed by atoms with Crippen LogP contribution >= 0.6 is 27.5 Å². The predicted molar refractivity (Wildman–Crippen MR) is 159 cm³/mol. The van der Waals surface area contributed by atoms with E-state index in [1.165, 1.54) is 4.68 Å². The Morgan fingerprint density at radius 2 is 1.82 bits per heavy atom. The monoisotopic (exact) mass is 610 g/mol. The quantitative estimate of drug-likeness (QED) is 0.233. The van der Waals surface area contributed by atoms with Crippen LogP contribution in [0.2, 0.25) is 5.02 Å². The molecule has 0 aliphatic heterocycles. The number of rotatable bonds is 8. The van der Waals surface area contributed by atoms with Crippen LogP contribution in [0.25, 0.3) is 10.9 Å². The molecule has 0 spiro atoms. The van der Waals surface area contributed by atoms with Gasteiger partial charge in [-0.1, -0.05) is 48.3 Å². The highest BCUT2D eigenvalue weighted by molar-refractivity contribution is 9.10. The van der Waals surface area contributed by atoms with Gasteiger partial charge >= 0.3 is 0 Å². The lowest BCUT2D eigenvalue weighted by molar-refractivity contribution is -0.118. The maximum absolute atomic E-state index is 13.4. The van der Waals surface area contributed by atoms with Gasteiger partial charge in [0.1, 0.15) is 5.82 Å².